The van der Waals surface area contributed by atoms with E-state index in [9.17, 15) is 9.59 Å². The highest BCUT2D eigenvalue weighted by molar-refractivity contribution is 5.80. The highest BCUT2D eigenvalue weighted by atomic mass is 16.5. The zero-order valence-electron chi connectivity index (χ0n) is 17.3. The Morgan fingerprint density at radius 2 is 1.74 bits per heavy atom. The Bertz CT molecular complexity index is 642. The number of amides is 2. The molecule has 1 saturated heterocycles. The Balaban J connectivity index is 1.97. The summed E-state index contributed by atoms with van der Waals surface area (Å²) < 4.78 is 5.51. The maximum atomic E-state index is 12.8. The van der Waals surface area contributed by atoms with Gasteiger partial charge in [0.15, 0.2) is 0 Å². The molecule has 1 aliphatic rings. The number of hydrogen-bond donors (Lipinski definition) is 0. The zero-order valence-corrected chi connectivity index (χ0v) is 17.3. The summed E-state index contributed by atoms with van der Waals surface area (Å²) in [5.74, 6) is 1.52. The van der Waals surface area contributed by atoms with E-state index in [2.05, 4.69) is 26.8 Å². The lowest BCUT2D eigenvalue weighted by Crippen LogP contribution is -2.37. The van der Waals surface area contributed by atoms with E-state index in [1.54, 1.807) is 7.11 Å². The standard InChI is InChI=1S/C22H34N2O3/c1-5-6-8-21(25)23-11-7-12-24(14-13-23)22(26)16-19-10-9-18(17(2)3)15-20(19)27-4/h9-10,15,17H,5-8,11-14,16H2,1-4H3. The van der Waals surface area contributed by atoms with Crippen molar-refractivity contribution in [2.45, 2.75) is 58.8 Å². The molecule has 1 aromatic carbocycles. The lowest BCUT2D eigenvalue weighted by atomic mass is 9.99. The van der Waals surface area contributed by atoms with Crippen molar-refractivity contribution < 1.29 is 14.3 Å². The highest BCUT2D eigenvalue weighted by Gasteiger charge is 2.22. The summed E-state index contributed by atoms with van der Waals surface area (Å²) in [6.45, 7) is 9.09. The number of carbonyl (C=O) groups excluding carboxylic acids is 2. The zero-order chi connectivity index (χ0) is 19.8. The maximum Gasteiger partial charge on any atom is 0.227 e. The van der Waals surface area contributed by atoms with Crippen molar-refractivity contribution >= 4 is 11.8 Å². The number of carbonyl (C=O) groups is 2. The first-order valence-corrected chi connectivity index (χ1v) is 10.2. The third-order valence-corrected chi connectivity index (χ3v) is 5.26. The van der Waals surface area contributed by atoms with Crippen molar-refractivity contribution in [2.24, 2.45) is 0 Å². The molecular formula is C22H34N2O3. The lowest BCUT2D eigenvalue weighted by Gasteiger charge is -2.23. The molecule has 1 aromatic rings. The van der Waals surface area contributed by atoms with Gasteiger partial charge in [0.1, 0.15) is 5.75 Å². The summed E-state index contributed by atoms with van der Waals surface area (Å²) in [5.41, 5.74) is 2.13. The second-order valence-corrected chi connectivity index (χ2v) is 7.62. The predicted octanol–water partition coefficient (Wildman–Crippen LogP) is 3.61. The van der Waals surface area contributed by atoms with E-state index in [4.69, 9.17) is 4.74 Å². The second-order valence-electron chi connectivity index (χ2n) is 7.62. The van der Waals surface area contributed by atoms with Gasteiger partial charge in [-0.15, -0.1) is 0 Å². The molecule has 0 bridgehead atoms. The van der Waals surface area contributed by atoms with Gasteiger partial charge in [-0.1, -0.05) is 39.3 Å². The van der Waals surface area contributed by atoms with Crippen LogP contribution in [0.5, 0.6) is 5.75 Å². The number of rotatable bonds is 7. The fourth-order valence-electron chi connectivity index (χ4n) is 3.44. The minimum Gasteiger partial charge on any atom is -0.496 e. The number of benzene rings is 1. The molecule has 1 aliphatic heterocycles. The molecule has 27 heavy (non-hydrogen) atoms. The largest absolute Gasteiger partial charge is 0.496 e. The number of unbranched alkanes of at least 4 members (excludes halogenated alkanes) is 1. The van der Waals surface area contributed by atoms with E-state index in [0.717, 1.165) is 37.1 Å². The first kappa shape index (κ1) is 21.3. The van der Waals surface area contributed by atoms with Gasteiger partial charge in [-0.3, -0.25) is 9.59 Å². The summed E-state index contributed by atoms with van der Waals surface area (Å²) in [6, 6.07) is 6.11. The lowest BCUT2D eigenvalue weighted by molar-refractivity contribution is -0.133. The van der Waals surface area contributed by atoms with Crippen molar-refractivity contribution in [3.63, 3.8) is 0 Å². The van der Waals surface area contributed by atoms with E-state index in [1.165, 1.54) is 5.56 Å². The molecule has 2 rings (SSSR count). The fourth-order valence-corrected chi connectivity index (χ4v) is 3.44. The van der Waals surface area contributed by atoms with E-state index in [-0.39, 0.29) is 11.8 Å². The average Bonchev–Trinajstić information content (AvgIpc) is 2.92. The molecule has 0 saturated carbocycles. The van der Waals surface area contributed by atoms with Gasteiger partial charge in [-0.25, -0.2) is 0 Å². The Morgan fingerprint density at radius 3 is 2.33 bits per heavy atom. The van der Waals surface area contributed by atoms with Crippen LogP contribution in [0.4, 0.5) is 0 Å². The van der Waals surface area contributed by atoms with E-state index < -0.39 is 0 Å². The molecule has 1 heterocycles. The van der Waals surface area contributed by atoms with E-state index in [0.29, 0.717) is 38.4 Å². The molecule has 0 unspecified atom stereocenters. The van der Waals surface area contributed by atoms with Crippen LogP contribution in [0.3, 0.4) is 0 Å². The maximum absolute atomic E-state index is 12.8. The van der Waals surface area contributed by atoms with Crippen molar-refractivity contribution in [3.05, 3.63) is 29.3 Å². The molecule has 0 N–H and O–H groups in total. The number of nitrogens with zero attached hydrogens (tertiary/aromatic N) is 2. The summed E-state index contributed by atoms with van der Waals surface area (Å²) >= 11 is 0. The summed E-state index contributed by atoms with van der Waals surface area (Å²) in [5, 5.41) is 0. The van der Waals surface area contributed by atoms with Gasteiger partial charge in [0.25, 0.3) is 0 Å². The second kappa shape index (κ2) is 10.3. The first-order chi connectivity index (χ1) is 13.0. The smallest absolute Gasteiger partial charge is 0.227 e. The van der Waals surface area contributed by atoms with Crippen LogP contribution in [0.2, 0.25) is 0 Å². The van der Waals surface area contributed by atoms with Gasteiger partial charge in [0.2, 0.25) is 11.8 Å². The normalized spacial score (nSPS) is 15.0. The van der Waals surface area contributed by atoms with Crippen LogP contribution < -0.4 is 4.74 Å². The number of methoxy groups -OCH3 is 1. The SMILES string of the molecule is CCCCC(=O)N1CCCN(C(=O)Cc2ccc(C(C)C)cc2OC)CC1. The van der Waals surface area contributed by atoms with Crippen LogP contribution in [0.15, 0.2) is 18.2 Å². The average molecular weight is 375 g/mol. The topological polar surface area (TPSA) is 49.9 Å². The summed E-state index contributed by atoms with van der Waals surface area (Å²) in [4.78, 5) is 28.9. The van der Waals surface area contributed by atoms with Crippen LogP contribution in [0, 0.1) is 0 Å². The summed E-state index contributed by atoms with van der Waals surface area (Å²) in [7, 11) is 1.65. The Labute approximate surface area is 163 Å². The van der Waals surface area contributed by atoms with Crippen LogP contribution in [-0.2, 0) is 16.0 Å². The minimum atomic E-state index is 0.105. The molecule has 5 nitrogen and oxygen atoms in total. The van der Waals surface area contributed by atoms with Crippen LogP contribution in [0.25, 0.3) is 0 Å². The van der Waals surface area contributed by atoms with E-state index >= 15 is 0 Å². The molecule has 0 radical (unpaired) electrons. The monoisotopic (exact) mass is 374 g/mol. The first-order valence-electron chi connectivity index (χ1n) is 10.2. The molecule has 0 atom stereocenters. The summed E-state index contributed by atoms with van der Waals surface area (Å²) in [6.07, 6.45) is 3.76. The Kier molecular flexibility index (Phi) is 8.14. The van der Waals surface area contributed by atoms with Gasteiger partial charge >= 0.3 is 0 Å². The minimum absolute atomic E-state index is 0.105. The molecular weight excluding hydrogens is 340 g/mol. The molecule has 2 amide bonds. The quantitative estimate of drug-likeness (QED) is 0.732. The number of ether oxygens (including phenoxy) is 1. The fraction of sp³-hybridized carbons (Fsp3) is 0.636. The molecule has 0 aromatic heterocycles. The van der Waals surface area contributed by atoms with Crippen molar-refractivity contribution in [1.29, 1.82) is 0 Å². The molecule has 150 valence electrons. The third-order valence-electron chi connectivity index (χ3n) is 5.26. The van der Waals surface area contributed by atoms with Crippen molar-refractivity contribution in [2.75, 3.05) is 33.3 Å². The van der Waals surface area contributed by atoms with Crippen molar-refractivity contribution in [1.82, 2.24) is 9.80 Å². The number of hydrogen-bond acceptors (Lipinski definition) is 3. The Morgan fingerprint density at radius 1 is 1.07 bits per heavy atom. The van der Waals surface area contributed by atoms with Gasteiger partial charge < -0.3 is 14.5 Å². The molecule has 5 heteroatoms. The van der Waals surface area contributed by atoms with Crippen molar-refractivity contribution in [3.8, 4) is 5.75 Å². The van der Waals surface area contributed by atoms with Crippen LogP contribution in [0.1, 0.15) is 63.5 Å². The van der Waals surface area contributed by atoms with E-state index in [1.807, 2.05) is 21.9 Å². The van der Waals surface area contributed by atoms with Gasteiger partial charge in [-0.2, -0.15) is 0 Å². The van der Waals surface area contributed by atoms with Gasteiger partial charge in [-0.05, 0) is 30.4 Å². The highest BCUT2D eigenvalue weighted by Crippen LogP contribution is 2.25. The van der Waals surface area contributed by atoms with Crippen LogP contribution in [-0.4, -0.2) is 54.9 Å². The molecule has 0 spiro atoms. The van der Waals surface area contributed by atoms with Gasteiger partial charge in [0, 0.05) is 38.2 Å². The third kappa shape index (κ3) is 5.98. The van der Waals surface area contributed by atoms with Crippen LogP contribution >= 0.6 is 0 Å². The molecule has 1 fully saturated rings. The molecule has 0 aliphatic carbocycles. The van der Waals surface area contributed by atoms with Gasteiger partial charge in [0.05, 0.1) is 13.5 Å². The predicted molar refractivity (Wildman–Crippen MR) is 108 cm³/mol. The Hall–Kier alpha value is -2.04.